The lowest BCUT2D eigenvalue weighted by Gasteiger charge is -2.21. The first-order valence-electron chi connectivity index (χ1n) is 12.4. The number of anilines is 3. The van der Waals surface area contributed by atoms with Gasteiger partial charge in [0.05, 0.1) is 11.9 Å². The predicted octanol–water partition coefficient (Wildman–Crippen LogP) is 4.81. The number of para-hydroxylation sites is 1. The van der Waals surface area contributed by atoms with E-state index in [0.717, 1.165) is 50.1 Å². The summed E-state index contributed by atoms with van der Waals surface area (Å²) in [6.07, 6.45) is 4.41. The van der Waals surface area contributed by atoms with E-state index in [9.17, 15) is 9.59 Å². The van der Waals surface area contributed by atoms with Gasteiger partial charge in [-0.25, -0.2) is 0 Å². The minimum Gasteiger partial charge on any atom is -0.481 e. The number of aromatic nitrogens is 4. The molecular formula is C27H25ClN6O3. The molecule has 0 spiro atoms. The van der Waals surface area contributed by atoms with Gasteiger partial charge in [-0.05, 0) is 49.1 Å². The lowest BCUT2D eigenvalue weighted by Crippen LogP contribution is -2.25. The van der Waals surface area contributed by atoms with Crippen LogP contribution in [0.5, 0.6) is 0 Å². The summed E-state index contributed by atoms with van der Waals surface area (Å²) in [7, 11) is 0. The van der Waals surface area contributed by atoms with E-state index in [1.54, 1.807) is 22.9 Å². The number of halogens is 1. The summed E-state index contributed by atoms with van der Waals surface area (Å²) in [5.41, 5.74) is 3.45. The van der Waals surface area contributed by atoms with Crippen LogP contribution in [0, 0.1) is 0 Å². The summed E-state index contributed by atoms with van der Waals surface area (Å²) in [5, 5.41) is 10.2. The van der Waals surface area contributed by atoms with Crippen LogP contribution in [-0.4, -0.2) is 56.0 Å². The van der Waals surface area contributed by atoms with E-state index in [-0.39, 0.29) is 18.6 Å². The molecule has 37 heavy (non-hydrogen) atoms. The molecule has 1 N–H and O–H groups in total. The van der Waals surface area contributed by atoms with Gasteiger partial charge in [-0.2, -0.15) is 15.0 Å². The average Bonchev–Trinajstić information content (AvgIpc) is 3.65. The van der Waals surface area contributed by atoms with Crippen LogP contribution in [-0.2, 0) is 11.2 Å². The zero-order valence-electron chi connectivity index (χ0n) is 20.1. The molecule has 0 aliphatic carbocycles. The third-order valence-corrected chi connectivity index (χ3v) is 7.20. The third-order valence-electron chi connectivity index (χ3n) is 6.97. The molecule has 0 radical (unpaired) electrons. The van der Waals surface area contributed by atoms with Crippen LogP contribution in [0.25, 0.3) is 16.9 Å². The number of hydrogen-bond donors (Lipinski definition) is 1. The van der Waals surface area contributed by atoms with E-state index < -0.39 is 5.97 Å². The number of carbonyl (C=O) groups is 2. The van der Waals surface area contributed by atoms with Gasteiger partial charge in [-0.15, -0.1) is 0 Å². The number of carboxylic acid groups (broad SMARTS) is 1. The molecule has 0 amide bonds. The standard InChI is InChI=1S/C27H25ClN6O3/c28-18-7-8-22-19(15-18)20(23(35)9-10-24(36)37)16-34(22)27-30-25(32-12-3-4-13-32)29-26(31-27)33-14-11-17-5-1-2-6-21(17)33/h1-2,5-8,15-16H,3-4,9-14H2,(H,36,37). The first kappa shape index (κ1) is 23.4. The molecule has 0 atom stereocenters. The fourth-order valence-corrected chi connectivity index (χ4v) is 5.29. The van der Waals surface area contributed by atoms with Crippen molar-refractivity contribution in [2.24, 2.45) is 0 Å². The Bertz CT molecular complexity index is 1530. The van der Waals surface area contributed by atoms with Crippen molar-refractivity contribution >= 4 is 51.8 Å². The van der Waals surface area contributed by atoms with Gasteiger partial charge >= 0.3 is 5.97 Å². The molecule has 2 aromatic heterocycles. The lowest BCUT2D eigenvalue weighted by molar-refractivity contribution is -0.136. The Morgan fingerprint density at radius 1 is 0.919 bits per heavy atom. The molecule has 2 aromatic carbocycles. The topological polar surface area (TPSA) is 104 Å². The molecule has 1 fully saturated rings. The summed E-state index contributed by atoms with van der Waals surface area (Å²) < 4.78 is 1.78. The zero-order valence-corrected chi connectivity index (χ0v) is 20.9. The van der Waals surface area contributed by atoms with Crippen molar-refractivity contribution in [3.63, 3.8) is 0 Å². The van der Waals surface area contributed by atoms with Crippen molar-refractivity contribution in [3.8, 4) is 5.95 Å². The summed E-state index contributed by atoms with van der Waals surface area (Å²) in [4.78, 5) is 43.0. The summed E-state index contributed by atoms with van der Waals surface area (Å²) >= 11 is 6.28. The van der Waals surface area contributed by atoms with Gasteiger partial charge < -0.3 is 14.9 Å². The Balaban J connectivity index is 1.50. The van der Waals surface area contributed by atoms with E-state index in [1.807, 2.05) is 18.2 Å². The predicted molar refractivity (Wildman–Crippen MR) is 141 cm³/mol. The van der Waals surface area contributed by atoms with Crippen molar-refractivity contribution in [1.29, 1.82) is 0 Å². The Kier molecular flexibility index (Phi) is 6.00. The van der Waals surface area contributed by atoms with Crippen molar-refractivity contribution in [3.05, 3.63) is 64.8 Å². The second-order valence-electron chi connectivity index (χ2n) is 9.35. The molecule has 10 heteroatoms. The number of Topliss-reactive ketones (excluding diaryl/α,β-unsaturated/α-hetero) is 1. The van der Waals surface area contributed by atoms with Crippen molar-refractivity contribution in [2.75, 3.05) is 29.4 Å². The van der Waals surface area contributed by atoms with Crippen LogP contribution >= 0.6 is 11.6 Å². The Morgan fingerprint density at radius 3 is 2.49 bits per heavy atom. The summed E-state index contributed by atoms with van der Waals surface area (Å²) in [6, 6.07) is 13.6. The van der Waals surface area contributed by atoms with E-state index in [2.05, 4.69) is 21.9 Å². The number of aliphatic carboxylic acids is 1. The Hall–Kier alpha value is -3.98. The first-order chi connectivity index (χ1) is 18.0. The molecule has 0 unspecified atom stereocenters. The molecule has 2 aliphatic heterocycles. The monoisotopic (exact) mass is 516 g/mol. The Morgan fingerprint density at radius 2 is 1.68 bits per heavy atom. The van der Waals surface area contributed by atoms with Gasteiger partial charge in [0, 0.05) is 53.9 Å². The third kappa shape index (κ3) is 4.40. The quantitative estimate of drug-likeness (QED) is 0.349. The lowest BCUT2D eigenvalue weighted by atomic mass is 10.1. The molecule has 4 aromatic rings. The normalized spacial score (nSPS) is 14.9. The second-order valence-corrected chi connectivity index (χ2v) is 9.79. The number of fused-ring (bicyclic) bond motifs is 2. The molecular weight excluding hydrogens is 492 g/mol. The molecule has 2 aliphatic rings. The molecule has 0 saturated carbocycles. The van der Waals surface area contributed by atoms with Crippen molar-refractivity contribution in [1.82, 2.24) is 19.5 Å². The molecule has 9 nitrogen and oxygen atoms in total. The number of nitrogens with zero attached hydrogens (tertiary/aromatic N) is 6. The van der Waals surface area contributed by atoms with Gasteiger partial charge in [0.25, 0.3) is 0 Å². The van der Waals surface area contributed by atoms with Crippen LogP contribution in [0.3, 0.4) is 0 Å². The fraction of sp³-hybridized carbons (Fsp3) is 0.296. The largest absolute Gasteiger partial charge is 0.481 e. The molecule has 1 saturated heterocycles. The maximum atomic E-state index is 13.0. The van der Waals surface area contributed by atoms with Gasteiger partial charge in [0.1, 0.15) is 0 Å². The Labute approximate surface area is 218 Å². The SMILES string of the molecule is O=C(O)CCC(=O)c1cn(-c2nc(N3CCCC3)nc(N3CCc4ccccc43)n2)c2ccc(Cl)cc12. The molecule has 6 rings (SSSR count). The highest BCUT2D eigenvalue weighted by Crippen LogP contribution is 2.34. The van der Waals surface area contributed by atoms with Crippen LogP contribution in [0.1, 0.15) is 41.6 Å². The van der Waals surface area contributed by atoms with Crippen molar-refractivity contribution in [2.45, 2.75) is 32.1 Å². The maximum absolute atomic E-state index is 13.0. The van der Waals surface area contributed by atoms with E-state index in [4.69, 9.17) is 31.7 Å². The highest BCUT2D eigenvalue weighted by molar-refractivity contribution is 6.31. The van der Waals surface area contributed by atoms with Crippen LogP contribution in [0.2, 0.25) is 5.02 Å². The van der Waals surface area contributed by atoms with E-state index in [1.165, 1.54) is 5.56 Å². The first-order valence-corrected chi connectivity index (χ1v) is 12.8. The molecule has 4 heterocycles. The molecule has 0 bridgehead atoms. The van der Waals surface area contributed by atoms with Gasteiger partial charge in [-0.1, -0.05) is 29.8 Å². The highest BCUT2D eigenvalue weighted by Gasteiger charge is 2.26. The van der Waals surface area contributed by atoms with Gasteiger partial charge in [-0.3, -0.25) is 14.2 Å². The fourth-order valence-electron chi connectivity index (χ4n) is 5.12. The summed E-state index contributed by atoms with van der Waals surface area (Å²) in [5.74, 6) is 0.290. The number of rotatable bonds is 7. The minimum atomic E-state index is -1.02. The smallest absolute Gasteiger partial charge is 0.303 e. The molecule has 188 valence electrons. The van der Waals surface area contributed by atoms with Crippen molar-refractivity contribution < 1.29 is 14.7 Å². The zero-order chi connectivity index (χ0) is 25.5. The van der Waals surface area contributed by atoms with Gasteiger partial charge in [0.2, 0.25) is 17.8 Å². The maximum Gasteiger partial charge on any atom is 0.303 e. The van der Waals surface area contributed by atoms with Crippen LogP contribution in [0.15, 0.2) is 48.7 Å². The second kappa shape index (κ2) is 9.48. The minimum absolute atomic E-state index is 0.104. The van der Waals surface area contributed by atoms with Crippen LogP contribution < -0.4 is 9.80 Å². The van der Waals surface area contributed by atoms with E-state index in [0.29, 0.717) is 33.8 Å². The highest BCUT2D eigenvalue weighted by atomic mass is 35.5. The number of carboxylic acids is 1. The van der Waals surface area contributed by atoms with Crippen LogP contribution in [0.4, 0.5) is 17.6 Å². The number of hydrogen-bond acceptors (Lipinski definition) is 7. The number of ketones is 1. The summed E-state index contributed by atoms with van der Waals surface area (Å²) in [6.45, 7) is 2.52. The number of benzene rings is 2. The van der Waals surface area contributed by atoms with E-state index >= 15 is 0 Å². The average molecular weight is 517 g/mol. The number of carbonyl (C=O) groups excluding carboxylic acids is 1. The van der Waals surface area contributed by atoms with Gasteiger partial charge in [0.15, 0.2) is 5.78 Å².